The third-order valence-corrected chi connectivity index (χ3v) is 0. The minimum absolute atomic E-state index is 0. The van der Waals surface area contributed by atoms with Crippen LogP contribution in [0.4, 0.5) is 0 Å². The van der Waals surface area contributed by atoms with E-state index < -0.39 is 0 Å². The number of rotatable bonds is 0. The summed E-state index contributed by atoms with van der Waals surface area (Å²) in [6.45, 7) is 0. The third-order valence-electron chi connectivity index (χ3n) is 0. The fourth-order valence-electron chi connectivity index (χ4n) is 0. The van der Waals surface area contributed by atoms with Gasteiger partial charge in [-0.3, -0.25) is 0 Å². The van der Waals surface area contributed by atoms with Crippen LogP contribution in [-0.2, 0) is 74.7 Å². The Morgan fingerprint density at radius 1 is 1.00 bits per heavy atom. The molecule has 0 amide bonds. The average Bonchev–Trinajstić information content (AvgIpc) is 0. The summed E-state index contributed by atoms with van der Waals surface area (Å²) in [5.74, 6) is 0. The van der Waals surface area contributed by atoms with Gasteiger partial charge < -0.3 is 0 Å². The van der Waals surface area contributed by atoms with E-state index in [4.69, 9.17) is 0 Å². The summed E-state index contributed by atoms with van der Waals surface area (Å²) in [4.78, 5) is 0. The SMILES string of the molecule is [Cu].[Fe].[Mo].[SeH].[Zn]. The molecule has 0 spiro atoms. The molecule has 0 saturated heterocycles. The van der Waals surface area contributed by atoms with Gasteiger partial charge in [0.2, 0.25) is 0 Å². The second-order valence-electron chi connectivity index (χ2n) is 0. The Hall–Kier alpha value is 2.87. The first kappa shape index (κ1) is 45.1. The molecule has 0 aliphatic rings. The minimum Gasteiger partial charge on any atom is 0 e. The van der Waals surface area contributed by atoms with Gasteiger partial charge in [0.25, 0.3) is 0 Å². The van der Waals surface area contributed by atoms with Gasteiger partial charge in [-0.25, -0.2) is 0 Å². The van der Waals surface area contributed by atoms with Crippen molar-refractivity contribution in [1.82, 2.24) is 0 Å². The van der Waals surface area contributed by atoms with Gasteiger partial charge in [-0.2, -0.15) is 0 Å². The Morgan fingerprint density at radius 3 is 1.00 bits per heavy atom. The van der Waals surface area contributed by atoms with Crippen molar-refractivity contribution in [2.45, 2.75) is 0 Å². The van der Waals surface area contributed by atoms with Gasteiger partial charge in [0.1, 0.15) is 0 Å². The molecule has 0 N–H and O–H groups in total. The van der Waals surface area contributed by atoms with E-state index in [1.807, 2.05) is 0 Å². The molecule has 0 nitrogen and oxygen atoms in total. The monoisotopic (exact) mass is 362 g/mol. The van der Waals surface area contributed by atoms with E-state index >= 15 is 0 Å². The molecular formula is HCuFeMoSeZn. The Bertz CT molecular complexity index is 11.6. The quantitative estimate of drug-likeness (QED) is 0.503. The molecule has 0 aromatic carbocycles. The van der Waals surface area contributed by atoms with Crippen LogP contribution < -0.4 is 0 Å². The molecule has 0 fully saturated rings. The van der Waals surface area contributed by atoms with Gasteiger partial charge in [-0.05, 0) is 0 Å². The summed E-state index contributed by atoms with van der Waals surface area (Å²) < 4.78 is 0. The summed E-state index contributed by atoms with van der Waals surface area (Å²) in [6.07, 6.45) is 0. The van der Waals surface area contributed by atoms with Crippen LogP contribution in [-0.4, -0.2) is 17.1 Å². The van der Waals surface area contributed by atoms with Crippen LogP contribution in [0.3, 0.4) is 0 Å². The molecule has 5 heavy (non-hydrogen) atoms. The van der Waals surface area contributed by atoms with Crippen molar-refractivity contribution in [3.8, 4) is 0 Å². The molecule has 0 heterocycles. The first-order valence-electron chi connectivity index (χ1n) is 0. The van der Waals surface area contributed by atoms with E-state index in [1.54, 1.807) is 0 Å². The van der Waals surface area contributed by atoms with Gasteiger partial charge >= 0.3 is 17.1 Å². The van der Waals surface area contributed by atoms with E-state index in [-0.39, 0.29) is 91.7 Å². The van der Waals surface area contributed by atoms with E-state index in [1.165, 1.54) is 0 Å². The van der Waals surface area contributed by atoms with Crippen molar-refractivity contribution >= 4 is 17.1 Å². The molecule has 0 unspecified atom stereocenters. The summed E-state index contributed by atoms with van der Waals surface area (Å²) in [6, 6.07) is 0. The summed E-state index contributed by atoms with van der Waals surface area (Å²) in [7, 11) is 0. The van der Waals surface area contributed by atoms with Crippen molar-refractivity contribution in [1.29, 1.82) is 0 Å². The maximum atomic E-state index is 0. The standard InChI is InChI=1S/Cu.Fe.Mo.HSe.Zn/h;;;1H;. The van der Waals surface area contributed by atoms with Crippen molar-refractivity contribution in [3.05, 3.63) is 0 Å². The molecule has 2 radical (unpaired) electrons. The van der Waals surface area contributed by atoms with Gasteiger partial charge in [0.05, 0.1) is 0 Å². The predicted molar refractivity (Wildman–Crippen MR) is 7.15 cm³/mol. The fraction of sp³-hybridized carbons (Fsp3) is 0. The molecule has 0 saturated carbocycles. The zero-order valence-corrected chi connectivity index (χ0v) is 11.1. The van der Waals surface area contributed by atoms with Crippen LogP contribution in [0.1, 0.15) is 0 Å². The zero-order chi connectivity index (χ0) is 0. The average molecular weight is 361 g/mol. The Labute approximate surface area is 90.4 Å². The maximum absolute atomic E-state index is 0. The maximum Gasteiger partial charge on any atom is 0 e. The first-order valence-corrected chi connectivity index (χ1v) is 0. The summed E-state index contributed by atoms with van der Waals surface area (Å²) >= 11 is 0. The molecule has 0 rings (SSSR count). The second-order valence-corrected chi connectivity index (χ2v) is 0. The fourth-order valence-corrected chi connectivity index (χ4v) is 0. The number of hydrogen-bond acceptors (Lipinski definition) is 0. The largest absolute Gasteiger partial charge is 0 e. The molecule has 0 aliphatic carbocycles. The zero-order valence-electron chi connectivity index (χ0n) is 2.22. The summed E-state index contributed by atoms with van der Waals surface area (Å²) in [5, 5.41) is 0. The van der Waals surface area contributed by atoms with E-state index in [2.05, 4.69) is 0 Å². The van der Waals surface area contributed by atoms with Crippen molar-refractivity contribution in [3.63, 3.8) is 0 Å². The van der Waals surface area contributed by atoms with Gasteiger partial charge in [0, 0.05) is 74.7 Å². The second kappa shape index (κ2) is 28.7. The smallest absolute Gasteiger partial charge is 0 e. The normalized spacial score (nSPS) is 0. The van der Waals surface area contributed by atoms with Gasteiger partial charge in [0.15, 0.2) is 0 Å². The molecular weight excluding hydrogens is 360 g/mol. The topological polar surface area (TPSA) is 0 Å². The van der Waals surface area contributed by atoms with Crippen LogP contribution in [0.2, 0.25) is 0 Å². The van der Waals surface area contributed by atoms with Crippen molar-refractivity contribution in [2.75, 3.05) is 0 Å². The van der Waals surface area contributed by atoms with Crippen molar-refractivity contribution < 1.29 is 74.7 Å². The van der Waals surface area contributed by atoms with E-state index in [0.717, 1.165) is 0 Å². The minimum atomic E-state index is 0. The van der Waals surface area contributed by atoms with Crippen LogP contribution >= 0.6 is 0 Å². The third kappa shape index (κ3) is 19.8. The molecule has 0 aliphatic heterocycles. The molecule has 34 valence electrons. The van der Waals surface area contributed by atoms with Crippen LogP contribution in [0.5, 0.6) is 0 Å². The Morgan fingerprint density at radius 2 is 1.00 bits per heavy atom. The van der Waals surface area contributed by atoms with Crippen LogP contribution in [0, 0.1) is 0 Å². The van der Waals surface area contributed by atoms with E-state index in [9.17, 15) is 0 Å². The van der Waals surface area contributed by atoms with Gasteiger partial charge in [-0.1, -0.05) is 0 Å². The van der Waals surface area contributed by atoms with Gasteiger partial charge in [-0.15, -0.1) is 0 Å². The molecule has 0 aromatic rings. The molecule has 0 aromatic heterocycles. The molecule has 5 heteroatoms. The first-order chi connectivity index (χ1) is 0. The number of hydrogen-bond donors (Lipinski definition) is 0. The molecule has 0 bridgehead atoms. The van der Waals surface area contributed by atoms with E-state index in [0.29, 0.717) is 0 Å². The van der Waals surface area contributed by atoms with Crippen LogP contribution in [0.15, 0.2) is 0 Å². The molecule has 0 atom stereocenters. The Kier molecular flexibility index (Phi) is 259. The predicted octanol–water partition coefficient (Wildman–Crippen LogP) is -0.659. The Balaban J connectivity index is 0. The van der Waals surface area contributed by atoms with Crippen molar-refractivity contribution in [2.24, 2.45) is 0 Å². The van der Waals surface area contributed by atoms with Crippen LogP contribution in [0.25, 0.3) is 0 Å². The summed E-state index contributed by atoms with van der Waals surface area (Å²) in [5.41, 5.74) is 0.